The molecule has 1 aliphatic heterocycles. The molecule has 0 saturated carbocycles. The third-order valence-electron chi connectivity index (χ3n) is 4.75. The maximum Gasteiger partial charge on any atom is 0.255 e. The van der Waals surface area contributed by atoms with Crippen molar-refractivity contribution in [1.82, 2.24) is 4.98 Å². The van der Waals surface area contributed by atoms with Gasteiger partial charge in [0.2, 0.25) is 5.91 Å². The van der Waals surface area contributed by atoms with Gasteiger partial charge in [0, 0.05) is 41.0 Å². The summed E-state index contributed by atoms with van der Waals surface area (Å²) in [6.45, 7) is 2.49. The van der Waals surface area contributed by atoms with Gasteiger partial charge in [0.15, 0.2) is 0 Å². The van der Waals surface area contributed by atoms with E-state index in [1.54, 1.807) is 41.3 Å². The second-order valence-corrected chi connectivity index (χ2v) is 9.09. The summed E-state index contributed by atoms with van der Waals surface area (Å²) in [4.78, 5) is 30.2. The predicted octanol–water partition coefficient (Wildman–Crippen LogP) is 5.26. The molecule has 30 heavy (non-hydrogen) atoms. The number of thioether (sulfide) groups is 1. The number of benzene rings is 2. The fraction of sp³-hybridized carbons (Fsp3) is 0.227. The number of rotatable bonds is 6. The first kappa shape index (κ1) is 20.6. The molecule has 0 aliphatic carbocycles. The quantitative estimate of drug-likeness (QED) is 0.530. The van der Waals surface area contributed by atoms with Gasteiger partial charge in [-0.05, 0) is 49.2 Å². The molecule has 0 bridgehead atoms. The Hall–Kier alpha value is -2.71. The average molecular weight is 442 g/mol. The first-order valence-electron chi connectivity index (χ1n) is 9.55. The van der Waals surface area contributed by atoms with Gasteiger partial charge < -0.3 is 10.2 Å². The molecule has 1 aliphatic rings. The molecular weight excluding hydrogens is 421 g/mol. The van der Waals surface area contributed by atoms with Crippen LogP contribution in [0.5, 0.6) is 0 Å². The molecule has 3 aromatic rings. The molecule has 4 rings (SSSR count). The highest BCUT2D eigenvalue weighted by Crippen LogP contribution is 2.28. The van der Waals surface area contributed by atoms with Gasteiger partial charge in [-0.1, -0.05) is 23.9 Å². The number of anilines is 2. The van der Waals surface area contributed by atoms with E-state index in [1.807, 2.05) is 24.4 Å². The number of aromatic nitrogens is 1. The molecule has 1 aromatic heterocycles. The summed E-state index contributed by atoms with van der Waals surface area (Å²) in [5.74, 6) is -0.132. The minimum Gasteiger partial charge on any atom is -0.322 e. The summed E-state index contributed by atoms with van der Waals surface area (Å²) >= 11 is 3.29. The van der Waals surface area contributed by atoms with Gasteiger partial charge in [0.25, 0.3) is 5.91 Å². The van der Waals surface area contributed by atoms with Crippen LogP contribution >= 0.6 is 23.1 Å². The lowest BCUT2D eigenvalue weighted by atomic mass is 10.1. The van der Waals surface area contributed by atoms with E-state index in [4.69, 9.17) is 0 Å². The highest BCUT2D eigenvalue weighted by atomic mass is 32.2. The Kier molecular flexibility index (Phi) is 6.15. The Morgan fingerprint density at radius 2 is 2.07 bits per heavy atom. The van der Waals surface area contributed by atoms with E-state index < -0.39 is 5.82 Å². The van der Waals surface area contributed by atoms with Crippen LogP contribution < -0.4 is 10.2 Å². The molecule has 1 saturated heterocycles. The second kappa shape index (κ2) is 8.97. The highest BCUT2D eigenvalue weighted by Gasteiger charge is 2.24. The Labute approximate surface area is 182 Å². The number of nitrogens with one attached hydrogen (secondary N) is 1. The Balaban J connectivity index is 1.37. The summed E-state index contributed by atoms with van der Waals surface area (Å²) in [5, 5.41) is 4.73. The monoisotopic (exact) mass is 441 g/mol. The van der Waals surface area contributed by atoms with Crippen molar-refractivity contribution in [2.45, 2.75) is 29.9 Å². The van der Waals surface area contributed by atoms with E-state index >= 15 is 0 Å². The Morgan fingerprint density at radius 1 is 1.27 bits per heavy atom. The van der Waals surface area contributed by atoms with Crippen molar-refractivity contribution in [1.29, 1.82) is 0 Å². The average Bonchev–Trinajstić information content (AvgIpc) is 3.35. The maximum atomic E-state index is 14.5. The number of aryl methyl sites for hydroxylation is 1. The lowest BCUT2D eigenvalue weighted by Gasteiger charge is -2.17. The zero-order valence-electron chi connectivity index (χ0n) is 16.4. The molecule has 1 N–H and O–H groups in total. The lowest BCUT2D eigenvalue weighted by molar-refractivity contribution is -0.117. The number of carbonyl (C=O) groups is 2. The van der Waals surface area contributed by atoms with E-state index in [2.05, 4.69) is 10.3 Å². The van der Waals surface area contributed by atoms with Gasteiger partial charge in [0.1, 0.15) is 10.2 Å². The number of nitrogens with zero attached hydrogens (tertiary/aromatic N) is 2. The highest BCUT2D eigenvalue weighted by molar-refractivity contribution is 8.00. The van der Waals surface area contributed by atoms with E-state index in [0.717, 1.165) is 27.8 Å². The summed E-state index contributed by atoms with van der Waals surface area (Å²) in [7, 11) is 0. The molecule has 2 amide bonds. The SMILES string of the molecule is Cc1csc(SCc2ccc(C(=O)Nc3ccc(N4CCCC4=O)c(F)c3)cc2)n1. The number of carbonyl (C=O) groups excluding carboxylic acids is 2. The molecule has 5 nitrogen and oxygen atoms in total. The zero-order chi connectivity index (χ0) is 21.1. The molecule has 154 valence electrons. The van der Waals surface area contributed by atoms with E-state index in [9.17, 15) is 14.0 Å². The lowest BCUT2D eigenvalue weighted by Crippen LogP contribution is -2.24. The fourth-order valence-electron chi connectivity index (χ4n) is 3.21. The van der Waals surface area contributed by atoms with Gasteiger partial charge in [-0.2, -0.15) is 0 Å². The first-order valence-corrected chi connectivity index (χ1v) is 11.4. The van der Waals surface area contributed by atoms with Gasteiger partial charge in [-0.15, -0.1) is 11.3 Å². The van der Waals surface area contributed by atoms with Crippen LogP contribution in [0.1, 0.15) is 34.5 Å². The number of thiazole rings is 1. The van der Waals surface area contributed by atoms with Crippen LogP contribution in [0.25, 0.3) is 0 Å². The number of amides is 2. The fourth-order valence-corrected chi connectivity index (χ4v) is 5.01. The summed E-state index contributed by atoms with van der Waals surface area (Å²) in [6.07, 6.45) is 1.17. The standard InChI is InChI=1S/C22H20FN3O2S2/c1-14-12-29-22(24-14)30-13-15-4-6-16(7-5-15)21(28)25-17-8-9-19(18(23)11-17)26-10-2-3-20(26)27/h4-9,11-12H,2-3,10,13H2,1H3,(H,25,28). The molecule has 2 heterocycles. The van der Waals surface area contributed by atoms with Crippen molar-refractivity contribution in [3.63, 3.8) is 0 Å². The first-order chi connectivity index (χ1) is 14.5. The number of halogens is 1. The van der Waals surface area contributed by atoms with Crippen molar-refractivity contribution < 1.29 is 14.0 Å². The molecule has 2 aromatic carbocycles. The molecule has 0 radical (unpaired) electrons. The van der Waals surface area contributed by atoms with Crippen LogP contribution in [0.3, 0.4) is 0 Å². The molecule has 0 unspecified atom stereocenters. The van der Waals surface area contributed by atoms with E-state index in [1.165, 1.54) is 17.0 Å². The van der Waals surface area contributed by atoms with Gasteiger partial charge >= 0.3 is 0 Å². The zero-order valence-corrected chi connectivity index (χ0v) is 18.0. The van der Waals surface area contributed by atoms with Crippen LogP contribution in [0.2, 0.25) is 0 Å². The van der Waals surface area contributed by atoms with Gasteiger partial charge in [-0.25, -0.2) is 9.37 Å². The predicted molar refractivity (Wildman–Crippen MR) is 119 cm³/mol. The Bertz CT molecular complexity index is 1080. The maximum absolute atomic E-state index is 14.5. The van der Waals surface area contributed by atoms with Crippen LogP contribution in [-0.4, -0.2) is 23.3 Å². The van der Waals surface area contributed by atoms with Crippen LogP contribution in [0, 0.1) is 12.7 Å². The molecular formula is C22H20FN3O2S2. The van der Waals surface area contributed by atoms with Crippen LogP contribution in [0.15, 0.2) is 52.2 Å². The topological polar surface area (TPSA) is 62.3 Å². The summed E-state index contributed by atoms with van der Waals surface area (Å²) in [5.41, 5.74) is 3.22. The van der Waals surface area contributed by atoms with Crippen molar-refractivity contribution in [2.75, 3.05) is 16.8 Å². The van der Waals surface area contributed by atoms with Crippen molar-refractivity contribution in [2.24, 2.45) is 0 Å². The van der Waals surface area contributed by atoms with Crippen LogP contribution in [0.4, 0.5) is 15.8 Å². The van der Waals surface area contributed by atoms with Gasteiger partial charge in [0.05, 0.1) is 5.69 Å². The third kappa shape index (κ3) is 4.71. The third-order valence-corrected chi connectivity index (χ3v) is 6.96. The second-order valence-electron chi connectivity index (χ2n) is 7.01. The Morgan fingerprint density at radius 3 is 2.70 bits per heavy atom. The van der Waals surface area contributed by atoms with Gasteiger partial charge in [-0.3, -0.25) is 9.59 Å². The number of hydrogen-bond donors (Lipinski definition) is 1. The molecule has 1 fully saturated rings. The summed E-state index contributed by atoms with van der Waals surface area (Å²) < 4.78 is 15.5. The molecule has 0 atom stereocenters. The van der Waals surface area contributed by atoms with Crippen molar-refractivity contribution in [3.05, 3.63) is 70.5 Å². The van der Waals surface area contributed by atoms with E-state index in [-0.39, 0.29) is 17.5 Å². The molecule has 0 spiro atoms. The minimum atomic E-state index is -0.521. The smallest absolute Gasteiger partial charge is 0.255 e. The van der Waals surface area contributed by atoms with Crippen molar-refractivity contribution in [3.8, 4) is 0 Å². The summed E-state index contributed by atoms with van der Waals surface area (Å²) in [6, 6.07) is 11.7. The molecule has 8 heteroatoms. The number of hydrogen-bond acceptors (Lipinski definition) is 5. The largest absolute Gasteiger partial charge is 0.322 e. The van der Waals surface area contributed by atoms with Crippen molar-refractivity contribution >= 4 is 46.3 Å². The van der Waals surface area contributed by atoms with Crippen LogP contribution in [-0.2, 0) is 10.5 Å². The minimum absolute atomic E-state index is 0.0751. The van der Waals surface area contributed by atoms with E-state index in [0.29, 0.717) is 24.2 Å². The normalized spacial score (nSPS) is 13.7.